The first kappa shape index (κ1) is 19.6. The fourth-order valence-corrected chi connectivity index (χ4v) is 3.65. The van der Waals surface area contributed by atoms with Crippen molar-refractivity contribution >= 4 is 17.9 Å². The number of carbonyl (C=O) groups is 2. The summed E-state index contributed by atoms with van der Waals surface area (Å²) in [5.74, 6) is -0.195. The Morgan fingerprint density at radius 2 is 2.07 bits per heavy atom. The summed E-state index contributed by atoms with van der Waals surface area (Å²) in [5.41, 5.74) is 5.65. The van der Waals surface area contributed by atoms with Gasteiger partial charge in [-0.2, -0.15) is 5.10 Å². The predicted molar refractivity (Wildman–Crippen MR) is 113 cm³/mol. The number of aromatic amines is 1. The van der Waals surface area contributed by atoms with E-state index in [4.69, 9.17) is 0 Å². The summed E-state index contributed by atoms with van der Waals surface area (Å²) in [5, 5.41) is 9.49. The molecule has 0 saturated carbocycles. The van der Waals surface area contributed by atoms with Gasteiger partial charge in [0.1, 0.15) is 0 Å². The number of nitrogens with one attached hydrogen (secondary N) is 2. The van der Waals surface area contributed by atoms with Crippen LogP contribution in [0.3, 0.4) is 0 Å². The van der Waals surface area contributed by atoms with Crippen LogP contribution in [-0.2, 0) is 24.3 Å². The number of aromatic nitrogens is 3. The molecule has 30 heavy (non-hydrogen) atoms. The summed E-state index contributed by atoms with van der Waals surface area (Å²) in [4.78, 5) is 31.2. The third-order valence-electron chi connectivity index (χ3n) is 5.29. The van der Waals surface area contributed by atoms with Gasteiger partial charge in [0.2, 0.25) is 5.91 Å². The van der Waals surface area contributed by atoms with Crippen LogP contribution in [0.15, 0.2) is 55.0 Å². The molecule has 4 rings (SSSR count). The van der Waals surface area contributed by atoms with Gasteiger partial charge in [0, 0.05) is 43.8 Å². The van der Waals surface area contributed by atoms with Gasteiger partial charge in [0.05, 0.1) is 11.8 Å². The monoisotopic (exact) mass is 401 g/mol. The van der Waals surface area contributed by atoms with Crippen molar-refractivity contribution in [1.29, 1.82) is 0 Å². The van der Waals surface area contributed by atoms with Gasteiger partial charge in [-0.25, -0.2) is 0 Å². The lowest BCUT2D eigenvalue weighted by atomic mass is 9.94. The minimum absolute atomic E-state index is 0.0455. The molecule has 152 valence electrons. The standard InChI is InChI=1S/C23H23N5O2/c1-16-21(14-25-22(29)8-7-17-5-3-2-4-6-17)20-9-10-28(15-19(20)11-24-16)23(30)18-12-26-27-13-18/h2-8,11-13H,9-10,14-15H2,1H3,(H,25,29)(H,26,27). The second-order valence-corrected chi connectivity index (χ2v) is 7.25. The number of rotatable bonds is 5. The van der Waals surface area contributed by atoms with E-state index in [-0.39, 0.29) is 11.8 Å². The molecule has 0 fully saturated rings. The summed E-state index contributed by atoms with van der Waals surface area (Å²) in [6.07, 6.45) is 9.04. The molecule has 1 aliphatic heterocycles. The van der Waals surface area contributed by atoms with E-state index in [1.807, 2.05) is 43.5 Å². The second-order valence-electron chi connectivity index (χ2n) is 7.25. The second kappa shape index (κ2) is 8.73. The van der Waals surface area contributed by atoms with Crippen LogP contribution in [0.25, 0.3) is 6.08 Å². The van der Waals surface area contributed by atoms with E-state index >= 15 is 0 Å². The van der Waals surface area contributed by atoms with Crippen LogP contribution in [0.5, 0.6) is 0 Å². The van der Waals surface area contributed by atoms with Crippen molar-refractivity contribution in [2.45, 2.75) is 26.4 Å². The summed E-state index contributed by atoms with van der Waals surface area (Å²) in [7, 11) is 0. The summed E-state index contributed by atoms with van der Waals surface area (Å²) >= 11 is 0. The number of carbonyl (C=O) groups excluding carboxylic acids is 2. The molecule has 0 radical (unpaired) electrons. The quantitative estimate of drug-likeness (QED) is 0.643. The zero-order valence-electron chi connectivity index (χ0n) is 16.8. The van der Waals surface area contributed by atoms with Crippen LogP contribution in [-0.4, -0.2) is 38.4 Å². The van der Waals surface area contributed by atoms with Crippen molar-refractivity contribution in [1.82, 2.24) is 25.4 Å². The zero-order chi connectivity index (χ0) is 20.9. The van der Waals surface area contributed by atoms with Crippen LogP contribution in [0.1, 0.15) is 38.3 Å². The minimum Gasteiger partial charge on any atom is -0.348 e. The van der Waals surface area contributed by atoms with Gasteiger partial charge in [-0.3, -0.25) is 19.7 Å². The van der Waals surface area contributed by atoms with Crippen molar-refractivity contribution in [2.75, 3.05) is 6.54 Å². The Kier molecular flexibility index (Phi) is 5.70. The molecule has 0 aliphatic carbocycles. The van der Waals surface area contributed by atoms with Crippen LogP contribution < -0.4 is 5.32 Å². The number of hydrogen-bond acceptors (Lipinski definition) is 4. The topological polar surface area (TPSA) is 91.0 Å². The average Bonchev–Trinajstić information content (AvgIpc) is 3.32. The molecule has 1 aliphatic rings. The Labute approximate surface area is 174 Å². The van der Waals surface area contributed by atoms with Crippen molar-refractivity contribution in [3.05, 3.63) is 88.5 Å². The molecule has 1 aromatic carbocycles. The van der Waals surface area contributed by atoms with E-state index in [1.165, 1.54) is 11.8 Å². The number of fused-ring (bicyclic) bond motifs is 1. The first-order valence-corrected chi connectivity index (χ1v) is 9.87. The molecule has 2 amide bonds. The highest BCUT2D eigenvalue weighted by atomic mass is 16.2. The van der Waals surface area contributed by atoms with Gasteiger partial charge in [-0.15, -0.1) is 0 Å². The number of pyridine rings is 1. The minimum atomic E-state index is -0.150. The van der Waals surface area contributed by atoms with Gasteiger partial charge >= 0.3 is 0 Å². The van der Waals surface area contributed by atoms with E-state index in [1.54, 1.807) is 23.2 Å². The molecule has 2 aromatic heterocycles. The number of benzene rings is 1. The van der Waals surface area contributed by atoms with Crippen LogP contribution in [0.4, 0.5) is 0 Å². The molecule has 7 nitrogen and oxygen atoms in total. The Balaban J connectivity index is 1.44. The average molecular weight is 401 g/mol. The summed E-state index contributed by atoms with van der Waals surface area (Å²) in [6, 6.07) is 9.70. The molecule has 0 saturated heterocycles. The largest absolute Gasteiger partial charge is 0.348 e. The molecule has 3 aromatic rings. The SMILES string of the molecule is Cc1ncc2c(c1CNC(=O)C=Cc1ccccc1)CCN(C(=O)c1cn[nH]c1)C2. The molecule has 0 unspecified atom stereocenters. The zero-order valence-corrected chi connectivity index (χ0v) is 16.8. The predicted octanol–water partition coefficient (Wildman–Crippen LogP) is 2.64. The third kappa shape index (κ3) is 4.30. The highest BCUT2D eigenvalue weighted by Crippen LogP contribution is 2.25. The molecule has 0 atom stereocenters. The fourth-order valence-electron chi connectivity index (χ4n) is 3.65. The Bertz CT molecular complexity index is 1070. The normalized spacial score (nSPS) is 13.3. The fraction of sp³-hybridized carbons (Fsp3) is 0.217. The van der Waals surface area contributed by atoms with Crippen LogP contribution in [0.2, 0.25) is 0 Å². The van der Waals surface area contributed by atoms with Gasteiger partial charge in [0.15, 0.2) is 0 Å². The van der Waals surface area contributed by atoms with Crippen LogP contribution in [0, 0.1) is 6.92 Å². The third-order valence-corrected chi connectivity index (χ3v) is 5.29. The highest BCUT2D eigenvalue weighted by Gasteiger charge is 2.25. The molecule has 0 spiro atoms. The number of H-pyrrole nitrogens is 1. The number of nitrogens with zero attached hydrogens (tertiary/aromatic N) is 3. The molecule has 7 heteroatoms. The first-order valence-electron chi connectivity index (χ1n) is 9.87. The van der Waals surface area contributed by atoms with Crippen molar-refractivity contribution < 1.29 is 9.59 Å². The summed E-state index contributed by atoms with van der Waals surface area (Å²) < 4.78 is 0. The van der Waals surface area contributed by atoms with E-state index in [2.05, 4.69) is 20.5 Å². The highest BCUT2D eigenvalue weighted by molar-refractivity contribution is 5.94. The van der Waals surface area contributed by atoms with Gasteiger partial charge in [0.25, 0.3) is 5.91 Å². The molecule has 2 N–H and O–H groups in total. The van der Waals surface area contributed by atoms with E-state index in [0.29, 0.717) is 25.2 Å². The Morgan fingerprint density at radius 1 is 1.23 bits per heavy atom. The Morgan fingerprint density at radius 3 is 2.83 bits per heavy atom. The maximum atomic E-state index is 12.6. The van der Waals surface area contributed by atoms with Gasteiger partial charge < -0.3 is 10.2 Å². The lowest BCUT2D eigenvalue weighted by Crippen LogP contribution is -2.37. The molecule has 3 heterocycles. The van der Waals surface area contributed by atoms with Gasteiger partial charge in [-0.1, -0.05) is 30.3 Å². The van der Waals surface area contributed by atoms with E-state index in [9.17, 15) is 9.59 Å². The molecular weight excluding hydrogens is 378 g/mol. The maximum absolute atomic E-state index is 12.6. The molecule has 0 bridgehead atoms. The van der Waals surface area contributed by atoms with Crippen molar-refractivity contribution in [2.24, 2.45) is 0 Å². The lowest BCUT2D eigenvalue weighted by Gasteiger charge is -2.30. The van der Waals surface area contributed by atoms with E-state index < -0.39 is 0 Å². The van der Waals surface area contributed by atoms with E-state index in [0.717, 1.165) is 28.8 Å². The van der Waals surface area contributed by atoms with Gasteiger partial charge in [-0.05, 0) is 41.7 Å². The molecular formula is C23H23N5O2. The number of amides is 2. The lowest BCUT2D eigenvalue weighted by molar-refractivity contribution is -0.116. The summed E-state index contributed by atoms with van der Waals surface area (Å²) in [6.45, 7) is 3.48. The van der Waals surface area contributed by atoms with Crippen molar-refractivity contribution in [3.63, 3.8) is 0 Å². The number of aryl methyl sites for hydroxylation is 1. The first-order chi connectivity index (χ1) is 14.6. The van der Waals surface area contributed by atoms with Crippen molar-refractivity contribution in [3.8, 4) is 0 Å². The smallest absolute Gasteiger partial charge is 0.257 e. The maximum Gasteiger partial charge on any atom is 0.257 e. The number of hydrogen-bond donors (Lipinski definition) is 2. The Hall–Kier alpha value is -3.74. The van der Waals surface area contributed by atoms with Crippen LogP contribution >= 0.6 is 0 Å².